The first kappa shape index (κ1) is 16.1. The van der Waals surface area contributed by atoms with Gasteiger partial charge in [-0.1, -0.05) is 0 Å². The van der Waals surface area contributed by atoms with Gasteiger partial charge < -0.3 is 9.73 Å². The lowest BCUT2D eigenvalue weighted by atomic mass is 10.2. The average Bonchev–Trinajstić information content (AvgIpc) is 2.93. The monoisotopic (exact) mass is 331 g/mol. The summed E-state index contributed by atoms with van der Waals surface area (Å²) in [4.78, 5) is 19.8. The number of aryl methyl sites for hydroxylation is 1. The van der Waals surface area contributed by atoms with Crippen LogP contribution in [0.1, 0.15) is 18.4 Å². The quantitative estimate of drug-likeness (QED) is 0.873. The molecular formula is C17H21N3O2S. The van der Waals surface area contributed by atoms with Gasteiger partial charge in [0, 0.05) is 30.1 Å². The van der Waals surface area contributed by atoms with Crippen LogP contribution >= 0.6 is 11.8 Å². The molecule has 1 amide bonds. The van der Waals surface area contributed by atoms with Crippen LogP contribution in [0.25, 0.3) is 11.5 Å². The molecular weight excluding hydrogens is 310 g/mol. The Morgan fingerprint density at radius 1 is 1.39 bits per heavy atom. The van der Waals surface area contributed by atoms with Crippen molar-refractivity contribution in [3.8, 4) is 11.5 Å². The summed E-state index contributed by atoms with van der Waals surface area (Å²) in [5.74, 6) is 1.52. The van der Waals surface area contributed by atoms with Gasteiger partial charge in [-0.3, -0.25) is 9.69 Å². The summed E-state index contributed by atoms with van der Waals surface area (Å²) in [7, 11) is 0. The van der Waals surface area contributed by atoms with Crippen molar-refractivity contribution in [2.24, 2.45) is 0 Å². The molecule has 2 aromatic rings. The molecule has 1 unspecified atom stereocenters. The van der Waals surface area contributed by atoms with Gasteiger partial charge in [0.05, 0.1) is 11.7 Å². The summed E-state index contributed by atoms with van der Waals surface area (Å²) in [5.41, 5.74) is 1.87. The van der Waals surface area contributed by atoms with E-state index in [4.69, 9.17) is 4.42 Å². The Labute approximate surface area is 140 Å². The van der Waals surface area contributed by atoms with Gasteiger partial charge in [0.25, 0.3) is 0 Å². The number of piperazine rings is 1. The molecule has 1 aliphatic heterocycles. The Kier molecular flexibility index (Phi) is 4.73. The maximum atomic E-state index is 11.8. The molecule has 2 heterocycles. The van der Waals surface area contributed by atoms with Gasteiger partial charge in [0.2, 0.25) is 11.8 Å². The van der Waals surface area contributed by atoms with E-state index in [1.54, 1.807) is 11.8 Å². The van der Waals surface area contributed by atoms with Crippen LogP contribution in [-0.2, 0) is 11.3 Å². The third-order valence-electron chi connectivity index (χ3n) is 4.21. The molecule has 23 heavy (non-hydrogen) atoms. The lowest BCUT2D eigenvalue weighted by molar-refractivity contribution is -0.128. The van der Waals surface area contributed by atoms with Crippen molar-refractivity contribution in [1.29, 1.82) is 0 Å². The van der Waals surface area contributed by atoms with Gasteiger partial charge in [-0.25, -0.2) is 4.98 Å². The SMILES string of the molecule is CSc1ccc(-c2nc(CN3CCNC(=O)C3C)c(C)o2)cc1. The minimum atomic E-state index is -0.135. The number of hydrogen-bond acceptors (Lipinski definition) is 5. The van der Waals surface area contributed by atoms with Crippen molar-refractivity contribution in [2.45, 2.75) is 31.3 Å². The van der Waals surface area contributed by atoms with E-state index >= 15 is 0 Å². The third-order valence-corrected chi connectivity index (χ3v) is 4.95. The second-order valence-electron chi connectivity index (χ2n) is 5.69. The average molecular weight is 331 g/mol. The van der Waals surface area contributed by atoms with E-state index in [-0.39, 0.29) is 11.9 Å². The minimum absolute atomic E-state index is 0.0743. The van der Waals surface area contributed by atoms with Crippen molar-refractivity contribution < 1.29 is 9.21 Å². The van der Waals surface area contributed by atoms with Crippen LogP contribution in [0.15, 0.2) is 33.6 Å². The molecule has 1 aromatic heterocycles. The number of thioether (sulfide) groups is 1. The summed E-state index contributed by atoms with van der Waals surface area (Å²) in [6.07, 6.45) is 2.05. The topological polar surface area (TPSA) is 58.4 Å². The zero-order valence-electron chi connectivity index (χ0n) is 13.6. The van der Waals surface area contributed by atoms with E-state index in [1.807, 2.05) is 26.0 Å². The molecule has 0 bridgehead atoms. The molecule has 0 spiro atoms. The Hall–Kier alpha value is -1.79. The number of oxazole rings is 1. The number of carbonyl (C=O) groups excluding carboxylic acids is 1. The highest BCUT2D eigenvalue weighted by molar-refractivity contribution is 7.98. The second kappa shape index (κ2) is 6.76. The Morgan fingerprint density at radius 3 is 2.83 bits per heavy atom. The molecule has 1 N–H and O–H groups in total. The lowest BCUT2D eigenvalue weighted by Crippen LogP contribution is -2.53. The maximum absolute atomic E-state index is 11.8. The first-order valence-electron chi connectivity index (χ1n) is 7.71. The Bertz CT molecular complexity index is 696. The molecule has 1 fully saturated rings. The molecule has 0 aliphatic carbocycles. The normalized spacial score (nSPS) is 18.9. The van der Waals surface area contributed by atoms with Crippen molar-refractivity contribution in [3.63, 3.8) is 0 Å². The lowest BCUT2D eigenvalue weighted by Gasteiger charge is -2.32. The highest BCUT2D eigenvalue weighted by atomic mass is 32.2. The molecule has 1 aromatic carbocycles. The molecule has 122 valence electrons. The van der Waals surface area contributed by atoms with Gasteiger partial charge in [0.15, 0.2) is 0 Å². The van der Waals surface area contributed by atoms with Crippen LogP contribution in [0.3, 0.4) is 0 Å². The van der Waals surface area contributed by atoms with Gasteiger partial charge >= 0.3 is 0 Å². The summed E-state index contributed by atoms with van der Waals surface area (Å²) in [6.45, 7) is 6.00. The van der Waals surface area contributed by atoms with Crippen molar-refractivity contribution in [2.75, 3.05) is 19.3 Å². The minimum Gasteiger partial charge on any atom is -0.441 e. The first-order valence-corrected chi connectivity index (χ1v) is 8.93. The fourth-order valence-corrected chi connectivity index (χ4v) is 3.08. The van der Waals surface area contributed by atoms with Crippen molar-refractivity contribution in [1.82, 2.24) is 15.2 Å². The number of hydrogen-bond donors (Lipinski definition) is 1. The van der Waals surface area contributed by atoms with E-state index < -0.39 is 0 Å². The summed E-state index contributed by atoms with van der Waals surface area (Å²) < 4.78 is 5.83. The fourth-order valence-electron chi connectivity index (χ4n) is 2.67. The zero-order chi connectivity index (χ0) is 16.4. The summed E-state index contributed by atoms with van der Waals surface area (Å²) >= 11 is 1.71. The van der Waals surface area contributed by atoms with E-state index in [2.05, 4.69) is 33.6 Å². The third kappa shape index (κ3) is 3.43. The summed E-state index contributed by atoms with van der Waals surface area (Å²) in [5, 5.41) is 2.88. The smallest absolute Gasteiger partial charge is 0.237 e. The molecule has 3 rings (SSSR count). The van der Waals surface area contributed by atoms with Crippen LogP contribution in [0.2, 0.25) is 0 Å². The zero-order valence-corrected chi connectivity index (χ0v) is 14.4. The van der Waals surface area contributed by atoms with Crippen molar-refractivity contribution in [3.05, 3.63) is 35.7 Å². The number of amides is 1. The molecule has 1 atom stereocenters. The van der Waals surface area contributed by atoms with Crippen LogP contribution in [-0.4, -0.2) is 41.2 Å². The molecule has 1 saturated heterocycles. The Morgan fingerprint density at radius 2 is 2.13 bits per heavy atom. The molecule has 6 heteroatoms. The number of rotatable bonds is 4. The van der Waals surface area contributed by atoms with Crippen molar-refractivity contribution >= 4 is 17.7 Å². The molecule has 0 saturated carbocycles. The Balaban J connectivity index is 1.79. The van der Waals surface area contributed by atoms with Gasteiger partial charge in [-0.2, -0.15) is 0 Å². The standard InChI is InChI=1S/C17H21N3O2S/c1-11-16(21)18-8-9-20(11)10-15-12(2)22-17(19-15)13-4-6-14(23-3)7-5-13/h4-7,11H,8-10H2,1-3H3,(H,18,21). The first-order chi connectivity index (χ1) is 11.1. The van der Waals surface area contributed by atoms with Crippen LogP contribution in [0, 0.1) is 6.92 Å². The highest BCUT2D eigenvalue weighted by Crippen LogP contribution is 2.25. The van der Waals surface area contributed by atoms with E-state index in [0.29, 0.717) is 19.0 Å². The van der Waals surface area contributed by atoms with Gasteiger partial charge in [-0.05, 0) is 44.4 Å². The van der Waals surface area contributed by atoms with E-state index in [9.17, 15) is 4.79 Å². The largest absolute Gasteiger partial charge is 0.441 e. The van der Waals surface area contributed by atoms with E-state index in [1.165, 1.54) is 4.90 Å². The number of nitrogens with zero attached hydrogens (tertiary/aromatic N) is 2. The number of nitrogens with one attached hydrogen (secondary N) is 1. The predicted molar refractivity (Wildman–Crippen MR) is 91.3 cm³/mol. The molecule has 5 nitrogen and oxygen atoms in total. The van der Waals surface area contributed by atoms with Crippen LogP contribution in [0.4, 0.5) is 0 Å². The predicted octanol–water partition coefficient (Wildman–Crippen LogP) is 2.69. The molecule has 1 aliphatic rings. The number of benzene rings is 1. The van der Waals surface area contributed by atoms with Crippen LogP contribution in [0.5, 0.6) is 0 Å². The fraction of sp³-hybridized carbons (Fsp3) is 0.412. The maximum Gasteiger partial charge on any atom is 0.237 e. The number of aromatic nitrogens is 1. The summed E-state index contributed by atoms with van der Waals surface area (Å²) in [6, 6.07) is 8.05. The van der Waals surface area contributed by atoms with Gasteiger partial charge in [-0.15, -0.1) is 11.8 Å². The number of carbonyl (C=O) groups is 1. The van der Waals surface area contributed by atoms with Gasteiger partial charge in [0.1, 0.15) is 5.76 Å². The highest BCUT2D eigenvalue weighted by Gasteiger charge is 2.27. The van der Waals surface area contributed by atoms with E-state index in [0.717, 1.165) is 23.6 Å². The molecule has 0 radical (unpaired) electrons. The van der Waals surface area contributed by atoms with Crippen LogP contribution < -0.4 is 5.32 Å². The second-order valence-corrected chi connectivity index (χ2v) is 6.57.